The van der Waals surface area contributed by atoms with Crippen LogP contribution in [0.2, 0.25) is 0 Å². The van der Waals surface area contributed by atoms with Gasteiger partial charge in [-0.1, -0.05) is 12.2 Å². The molecule has 4 N–H and O–H groups in total. The maximum absolute atomic E-state index is 9.92. The average Bonchev–Trinajstić information content (AvgIpc) is 2.69. The normalized spacial score (nSPS) is 28.3. The first-order chi connectivity index (χ1) is 13.0. The zero-order valence-electron chi connectivity index (χ0n) is 15.4. The molecule has 9 nitrogen and oxygen atoms in total. The summed E-state index contributed by atoms with van der Waals surface area (Å²) in [5.41, 5.74) is 0.766. The fourth-order valence-electron chi connectivity index (χ4n) is 2.74. The van der Waals surface area contributed by atoms with Crippen LogP contribution in [0.4, 0.5) is 0 Å². The van der Waals surface area contributed by atoms with Crippen LogP contribution in [0.5, 0.6) is 17.2 Å². The summed E-state index contributed by atoms with van der Waals surface area (Å²) >= 11 is 0. The predicted octanol–water partition coefficient (Wildman–Crippen LogP) is -0.458. The molecule has 1 aromatic carbocycles. The monoisotopic (exact) mass is 386 g/mol. The van der Waals surface area contributed by atoms with Gasteiger partial charge in [0.15, 0.2) is 17.8 Å². The molecule has 0 bridgehead atoms. The Hall–Kier alpha value is -1.88. The van der Waals surface area contributed by atoms with Gasteiger partial charge in [0.05, 0.1) is 34.5 Å². The lowest BCUT2D eigenvalue weighted by Gasteiger charge is -2.39. The predicted molar refractivity (Wildman–Crippen MR) is 94.9 cm³/mol. The topological polar surface area (TPSA) is 127 Å². The summed E-state index contributed by atoms with van der Waals surface area (Å²) in [6, 6.07) is 3.51. The molecule has 9 heteroatoms. The highest BCUT2D eigenvalue weighted by molar-refractivity contribution is 5.62. The fraction of sp³-hybridized carbons (Fsp3) is 0.556. The van der Waals surface area contributed by atoms with Crippen molar-refractivity contribution in [2.24, 2.45) is 0 Å². The van der Waals surface area contributed by atoms with Gasteiger partial charge in [-0.3, -0.25) is 0 Å². The molecular formula is C18H26O9. The number of rotatable bonds is 8. The van der Waals surface area contributed by atoms with E-state index in [2.05, 4.69) is 0 Å². The second-order valence-electron chi connectivity index (χ2n) is 5.89. The lowest BCUT2D eigenvalue weighted by molar-refractivity contribution is -0.298. The van der Waals surface area contributed by atoms with Crippen LogP contribution >= 0.6 is 0 Å². The molecule has 2 rings (SSSR count). The van der Waals surface area contributed by atoms with Crippen LogP contribution in [0, 0.1) is 0 Å². The Bertz CT molecular complexity index is 606. The third-order valence-electron chi connectivity index (χ3n) is 4.20. The minimum atomic E-state index is -1.47. The van der Waals surface area contributed by atoms with Crippen molar-refractivity contribution >= 4 is 6.08 Å². The van der Waals surface area contributed by atoms with Crippen LogP contribution in [-0.4, -0.2) is 85.7 Å². The van der Waals surface area contributed by atoms with Gasteiger partial charge < -0.3 is 44.1 Å². The number of ether oxygens (including phenoxy) is 5. The third-order valence-corrected chi connectivity index (χ3v) is 4.20. The summed E-state index contributed by atoms with van der Waals surface area (Å²) in [6.07, 6.45) is -3.09. The van der Waals surface area contributed by atoms with Gasteiger partial charge in [-0.15, -0.1) is 0 Å². The molecule has 0 aliphatic carbocycles. The van der Waals surface area contributed by atoms with Gasteiger partial charge in [-0.2, -0.15) is 0 Å². The Morgan fingerprint density at radius 1 is 0.963 bits per heavy atom. The standard InChI is InChI=1S/C18H26O9/c1-23-11-7-10(8-12(24-2)17(11)25-3)5-4-6-26-18-16(22)15(21)14(20)13(9-19)27-18/h4-5,7-8,13-16,18-22H,6,9H2,1-3H3. The van der Waals surface area contributed by atoms with Crippen LogP contribution < -0.4 is 14.2 Å². The molecule has 1 heterocycles. The fourth-order valence-corrected chi connectivity index (χ4v) is 2.74. The molecule has 1 saturated heterocycles. The van der Waals surface area contributed by atoms with E-state index in [-0.39, 0.29) is 6.61 Å². The minimum Gasteiger partial charge on any atom is -0.493 e. The van der Waals surface area contributed by atoms with Crippen molar-refractivity contribution in [3.05, 3.63) is 23.8 Å². The van der Waals surface area contributed by atoms with Crippen molar-refractivity contribution in [2.45, 2.75) is 30.7 Å². The van der Waals surface area contributed by atoms with E-state index in [1.807, 2.05) is 0 Å². The summed E-state index contributed by atoms with van der Waals surface area (Å²) in [5.74, 6) is 1.49. The molecule has 1 aromatic rings. The number of methoxy groups -OCH3 is 3. The van der Waals surface area contributed by atoms with Crippen LogP contribution in [-0.2, 0) is 9.47 Å². The van der Waals surface area contributed by atoms with Crippen molar-refractivity contribution in [1.82, 2.24) is 0 Å². The number of hydrogen-bond donors (Lipinski definition) is 4. The maximum Gasteiger partial charge on any atom is 0.203 e. The van der Waals surface area contributed by atoms with Gasteiger partial charge in [0.25, 0.3) is 0 Å². The largest absolute Gasteiger partial charge is 0.493 e. The highest BCUT2D eigenvalue weighted by Crippen LogP contribution is 2.38. The maximum atomic E-state index is 9.92. The van der Waals surface area contributed by atoms with Gasteiger partial charge in [0.1, 0.15) is 24.4 Å². The number of hydrogen-bond acceptors (Lipinski definition) is 9. The van der Waals surface area contributed by atoms with E-state index in [0.717, 1.165) is 5.56 Å². The summed E-state index contributed by atoms with van der Waals surface area (Å²) in [7, 11) is 4.56. The first kappa shape index (κ1) is 21.4. The number of aliphatic hydroxyl groups is 4. The summed E-state index contributed by atoms with van der Waals surface area (Å²) in [5, 5.41) is 38.6. The first-order valence-electron chi connectivity index (χ1n) is 8.35. The Balaban J connectivity index is 2.01. The van der Waals surface area contributed by atoms with E-state index in [4.69, 9.17) is 28.8 Å². The third kappa shape index (κ3) is 4.89. The van der Waals surface area contributed by atoms with E-state index < -0.39 is 37.3 Å². The van der Waals surface area contributed by atoms with E-state index in [1.165, 1.54) is 21.3 Å². The van der Waals surface area contributed by atoms with Gasteiger partial charge >= 0.3 is 0 Å². The van der Waals surface area contributed by atoms with E-state index in [1.54, 1.807) is 24.3 Å². The van der Waals surface area contributed by atoms with Crippen molar-refractivity contribution in [2.75, 3.05) is 34.5 Å². The van der Waals surface area contributed by atoms with Crippen LogP contribution in [0.15, 0.2) is 18.2 Å². The SMILES string of the molecule is COc1cc(C=CCOC2OC(CO)C(O)C(O)C2O)cc(OC)c1OC. The minimum absolute atomic E-state index is 0.0549. The molecule has 1 aliphatic rings. The zero-order chi connectivity index (χ0) is 20.0. The molecular weight excluding hydrogens is 360 g/mol. The van der Waals surface area contributed by atoms with Gasteiger partial charge in [0.2, 0.25) is 5.75 Å². The Labute approximate surface area is 157 Å². The van der Waals surface area contributed by atoms with Crippen LogP contribution in [0.3, 0.4) is 0 Å². The Morgan fingerprint density at radius 2 is 1.59 bits per heavy atom. The summed E-state index contributed by atoms with van der Waals surface area (Å²) in [6.45, 7) is -0.453. The van der Waals surface area contributed by atoms with Crippen molar-refractivity contribution in [1.29, 1.82) is 0 Å². The second kappa shape index (κ2) is 9.88. The van der Waals surface area contributed by atoms with E-state index in [9.17, 15) is 15.3 Å². The lowest BCUT2D eigenvalue weighted by Crippen LogP contribution is -2.59. The molecule has 5 atom stereocenters. The van der Waals surface area contributed by atoms with Crippen LogP contribution in [0.1, 0.15) is 5.56 Å². The number of aliphatic hydroxyl groups excluding tert-OH is 4. The van der Waals surface area contributed by atoms with Crippen molar-refractivity contribution in [3.8, 4) is 17.2 Å². The first-order valence-corrected chi connectivity index (χ1v) is 8.35. The Morgan fingerprint density at radius 3 is 2.11 bits per heavy atom. The van der Waals surface area contributed by atoms with Crippen molar-refractivity contribution in [3.63, 3.8) is 0 Å². The van der Waals surface area contributed by atoms with E-state index in [0.29, 0.717) is 17.2 Å². The highest BCUT2D eigenvalue weighted by Gasteiger charge is 2.43. The average molecular weight is 386 g/mol. The van der Waals surface area contributed by atoms with E-state index >= 15 is 0 Å². The summed E-state index contributed by atoms with van der Waals surface area (Å²) in [4.78, 5) is 0. The molecule has 0 aromatic heterocycles. The molecule has 1 aliphatic heterocycles. The molecule has 5 unspecified atom stereocenters. The van der Waals surface area contributed by atoms with Gasteiger partial charge in [-0.05, 0) is 17.7 Å². The molecule has 0 amide bonds. The quantitative estimate of drug-likeness (QED) is 0.469. The molecule has 0 spiro atoms. The molecule has 0 saturated carbocycles. The number of benzene rings is 1. The summed E-state index contributed by atoms with van der Waals surface area (Å²) < 4.78 is 26.5. The molecule has 1 fully saturated rings. The van der Waals surface area contributed by atoms with Crippen molar-refractivity contribution < 1.29 is 44.1 Å². The van der Waals surface area contributed by atoms with Crippen LogP contribution in [0.25, 0.3) is 6.08 Å². The zero-order valence-corrected chi connectivity index (χ0v) is 15.4. The lowest BCUT2D eigenvalue weighted by atomic mass is 9.99. The second-order valence-corrected chi connectivity index (χ2v) is 5.89. The Kier molecular flexibility index (Phi) is 7.84. The highest BCUT2D eigenvalue weighted by atomic mass is 16.7. The van der Waals surface area contributed by atoms with Gasteiger partial charge in [-0.25, -0.2) is 0 Å². The molecule has 27 heavy (non-hydrogen) atoms. The smallest absolute Gasteiger partial charge is 0.203 e. The van der Waals surface area contributed by atoms with Gasteiger partial charge in [0, 0.05) is 0 Å². The molecule has 0 radical (unpaired) electrons. The molecule has 152 valence electrons.